The fourth-order valence-electron chi connectivity index (χ4n) is 9.95. The Morgan fingerprint density at radius 3 is 2.00 bits per heavy atom. The summed E-state index contributed by atoms with van der Waals surface area (Å²) in [4.78, 5) is 50.1. The van der Waals surface area contributed by atoms with Crippen molar-refractivity contribution in [3.63, 3.8) is 0 Å². The van der Waals surface area contributed by atoms with Gasteiger partial charge in [0.1, 0.15) is 5.60 Å². The highest BCUT2D eigenvalue weighted by Gasteiger charge is 2.68. The Morgan fingerprint density at radius 2 is 1.39 bits per heavy atom. The molecule has 3 fully saturated rings. The molecule has 0 saturated heterocycles. The van der Waals surface area contributed by atoms with E-state index in [0.717, 1.165) is 37.7 Å². The van der Waals surface area contributed by atoms with Crippen molar-refractivity contribution in [1.82, 2.24) is 0 Å². The molecule has 0 bridgehead atoms. The zero-order chi connectivity index (χ0) is 35.5. The number of ether oxygens (including phenoxy) is 2. The molecule has 0 aromatic heterocycles. The molecule has 4 rings (SSSR count). The van der Waals surface area contributed by atoms with Gasteiger partial charge in [-0.15, -0.1) is 0 Å². The van der Waals surface area contributed by atoms with Gasteiger partial charge in [0.25, 0.3) is 0 Å². The Hall–Kier alpha value is -2.32. The highest BCUT2D eigenvalue weighted by atomic mass is 16.6. The van der Waals surface area contributed by atoms with E-state index in [1.807, 2.05) is 13.0 Å². The van der Waals surface area contributed by atoms with E-state index in [0.29, 0.717) is 6.42 Å². The van der Waals surface area contributed by atoms with Crippen molar-refractivity contribution in [2.75, 3.05) is 13.2 Å². The van der Waals surface area contributed by atoms with Gasteiger partial charge >= 0.3 is 11.9 Å². The maximum atomic E-state index is 13.5. The van der Waals surface area contributed by atoms with Crippen molar-refractivity contribution in [2.24, 2.45) is 28.6 Å². The Balaban J connectivity index is 1.09. The van der Waals surface area contributed by atoms with Crippen LogP contribution in [0.2, 0.25) is 0 Å². The number of aliphatic hydroxyl groups excluding tert-OH is 1. The second kappa shape index (κ2) is 18.3. The smallest absolute Gasteiger partial charge is 0.344 e. The van der Waals surface area contributed by atoms with Crippen LogP contribution in [0.1, 0.15) is 156 Å². The largest absolute Gasteiger partial charge is 0.455 e. The fourth-order valence-corrected chi connectivity index (χ4v) is 9.95. The summed E-state index contributed by atoms with van der Waals surface area (Å²) in [6.07, 6.45) is 26.0. The quantitative estimate of drug-likeness (QED) is 0.0923. The fraction of sp³-hybridized carbons (Fsp3) is 0.805. The summed E-state index contributed by atoms with van der Waals surface area (Å²) < 4.78 is 10.3. The summed E-state index contributed by atoms with van der Waals surface area (Å²) in [7, 11) is 0. The SMILES string of the molecule is CCCCCCCCCCCCCCCCCC(=O)OCC(=O)OCC(=O)[C@@]1(O)CC[C@H]2[C@@H]3CCC4=CC(=O)C=C[C@]4(C)[C@H]3[C@@H](O)C[C@@]21C. The minimum Gasteiger partial charge on any atom is -0.455 e. The lowest BCUT2D eigenvalue weighted by Crippen LogP contribution is -2.61. The zero-order valence-electron chi connectivity index (χ0n) is 30.6. The van der Waals surface area contributed by atoms with Gasteiger partial charge in [0.05, 0.1) is 6.10 Å². The highest BCUT2D eigenvalue weighted by Crippen LogP contribution is 2.67. The molecule has 0 spiro atoms. The van der Waals surface area contributed by atoms with E-state index in [2.05, 4.69) is 13.8 Å². The Kier molecular flexibility index (Phi) is 14.7. The highest BCUT2D eigenvalue weighted by molar-refractivity contribution is 6.01. The molecule has 4 aliphatic rings. The number of hydrogen-bond donors (Lipinski definition) is 2. The van der Waals surface area contributed by atoms with Crippen molar-refractivity contribution in [3.8, 4) is 0 Å². The standard InChI is InChI=1S/C41H64O8/c1-4-5-6-7-8-9-10-11-12-13-14-15-16-17-18-19-36(45)49-29-37(46)48-28-35(44)41(47)25-23-33-32-21-20-30-26-31(42)22-24-39(30,2)38(32)34(43)27-40(33,41)3/h22,24,26,32-34,38,43,47H,4-21,23,25,27-29H2,1-3H3/t32-,33-,34-,38+,39-,40-,41-/m0/s1. The van der Waals surface area contributed by atoms with Crippen LogP contribution in [0.3, 0.4) is 0 Å². The number of rotatable bonds is 21. The maximum absolute atomic E-state index is 13.5. The van der Waals surface area contributed by atoms with E-state index in [1.165, 1.54) is 77.0 Å². The summed E-state index contributed by atoms with van der Waals surface area (Å²) in [6, 6.07) is 0. The molecule has 0 aromatic carbocycles. The first-order valence-electron chi connectivity index (χ1n) is 19.7. The van der Waals surface area contributed by atoms with Gasteiger partial charge in [0, 0.05) is 23.2 Å². The summed E-state index contributed by atoms with van der Waals surface area (Å²) >= 11 is 0. The van der Waals surface area contributed by atoms with Gasteiger partial charge in [-0.25, -0.2) is 4.79 Å². The monoisotopic (exact) mass is 684 g/mol. The van der Waals surface area contributed by atoms with Gasteiger partial charge in [-0.3, -0.25) is 14.4 Å². The van der Waals surface area contributed by atoms with Crippen LogP contribution < -0.4 is 0 Å². The molecule has 8 nitrogen and oxygen atoms in total. The lowest BCUT2D eigenvalue weighted by Gasteiger charge is -2.59. The van der Waals surface area contributed by atoms with Gasteiger partial charge in [0.2, 0.25) is 5.78 Å². The van der Waals surface area contributed by atoms with Gasteiger partial charge in [-0.05, 0) is 62.5 Å². The summed E-state index contributed by atoms with van der Waals surface area (Å²) in [5.41, 5.74) is -1.98. The second-order valence-corrected chi connectivity index (χ2v) is 16.1. The van der Waals surface area contributed by atoms with E-state index in [9.17, 15) is 29.4 Å². The molecular weight excluding hydrogens is 620 g/mol. The van der Waals surface area contributed by atoms with Crippen LogP contribution in [0.5, 0.6) is 0 Å². The number of carbonyl (C=O) groups excluding carboxylic acids is 4. The Morgan fingerprint density at radius 1 is 0.816 bits per heavy atom. The first kappa shape index (κ1) is 39.5. The molecule has 0 radical (unpaired) electrons. The molecule has 0 unspecified atom stereocenters. The van der Waals surface area contributed by atoms with Crippen molar-refractivity contribution < 1.29 is 38.9 Å². The average molecular weight is 685 g/mol. The normalized spacial score (nSPS) is 31.8. The van der Waals surface area contributed by atoms with Crippen LogP contribution in [0, 0.1) is 28.6 Å². The summed E-state index contributed by atoms with van der Waals surface area (Å²) in [6.45, 7) is 5.07. The number of unbranched alkanes of at least 4 members (excludes halogenated alkanes) is 14. The maximum Gasteiger partial charge on any atom is 0.344 e. The molecule has 49 heavy (non-hydrogen) atoms. The molecule has 276 valence electrons. The molecule has 8 heteroatoms. The van der Waals surface area contributed by atoms with Crippen LogP contribution >= 0.6 is 0 Å². The second-order valence-electron chi connectivity index (χ2n) is 16.1. The molecule has 2 N–H and O–H groups in total. The molecule has 0 amide bonds. The van der Waals surface area contributed by atoms with Gasteiger partial charge in [0.15, 0.2) is 19.0 Å². The Bertz CT molecular complexity index is 1210. The minimum absolute atomic E-state index is 0.00984. The van der Waals surface area contributed by atoms with Gasteiger partial charge in [-0.1, -0.05) is 122 Å². The van der Waals surface area contributed by atoms with Crippen molar-refractivity contribution in [1.29, 1.82) is 0 Å². The number of Topliss-reactive ketones (excluding diaryl/α,β-unsaturated/α-hetero) is 1. The van der Waals surface area contributed by atoms with Crippen molar-refractivity contribution in [3.05, 3.63) is 23.8 Å². The van der Waals surface area contributed by atoms with E-state index >= 15 is 0 Å². The van der Waals surface area contributed by atoms with Gasteiger partial charge in [-0.2, -0.15) is 0 Å². The third kappa shape index (κ3) is 9.52. The number of allylic oxidation sites excluding steroid dienone is 4. The lowest BCUT2D eigenvalue weighted by molar-refractivity contribution is -0.182. The predicted octanol–water partition coefficient (Wildman–Crippen LogP) is 7.91. The van der Waals surface area contributed by atoms with E-state index in [1.54, 1.807) is 12.2 Å². The van der Waals surface area contributed by atoms with E-state index in [-0.39, 0.29) is 42.8 Å². The van der Waals surface area contributed by atoms with Crippen molar-refractivity contribution >= 4 is 23.5 Å². The third-order valence-corrected chi connectivity index (χ3v) is 12.8. The predicted molar refractivity (Wildman–Crippen MR) is 189 cm³/mol. The van der Waals surface area contributed by atoms with Crippen LogP contribution in [-0.2, 0) is 28.7 Å². The first-order chi connectivity index (χ1) is 23.5. The van der Waals surface area contributed by atoms with E-state index in [4.69, 9.17) is 9.47 Å². The van der Waals surface area contributed by atoms with Crippen LogP contribution in [0.15, 0.2) is 23.8 Å². The lowest BCUT2D eigenvalue weighted by atomic mass is 9.46. The molecule has 0 aromatic rings. The number of esters is 2. The summed E-state index contributed by atoms with van der Waals surface area (Å²) in [5, 5.41) is 23.4. The average Bonchev–Trinajstić information content (AvgIpc) is 3.34. The molecule has 3 saturated carbocycles. The van der Waals surface area contributed by atoms with Gasteiger partial charge < -0.3 is 19.7 Å². The third-order valence-electron chi connectivity index (χ3n) is 12.8. The topological polar surface area (TPSA) is 127 Å². The number of ketones is 2. The molecular formula is C41H64O8. The van der Waals surface area contributed by atoms with E-state index < -0.39 is 53.5 Å². The van der Waals surface area contributed by atoms with Crippen LogP contribution in [0.4, 0.5) is 0 Å². The number of aliphatic hydroxyl groups is 2. The molecule has 0 heterocycles. The van der Waals surface area contributed by atoms with Crippen molar-refractivity contribution in [2.45, 2.75) is 167 Å². The number of fused-ring (bicyclic) bond motifs is 5. The van der Waals surface area contributed by atoms with Crippen LogP contribution in [0.25, 0.3) is 0 Å². The molecule has 7 atom stereocenters. The van der Waals surface area contributed by atoms with Crippen LogP contribution in [-0.4, -0.2) is 58.6 Å². The molecule has 4 aliphatic carbocycles. The molecule has 0 aliphatic heterocycles. The number of carbonyl (C=O) groups is 4. The zero-order valence-corrected chi connectivity index (χ0v) is 30.6. The minimum atomic E-state index is -1.73. The Labute approximate surface area is 294 Å². The number of hydrogen-bond acceptors (Lipinski definition) is 8. The summed E-state index contributed by atoms with van der Waals surface area (Å²) in [5.74, 6) is -1.88. The first-order valence-corrected chi connectivity index (χ1v) is 19.7.